The number of carbonyl (C=O) groups excluding carboxylic acids is 1. The first-order valence-corrected chi connectivity index (χ1v) is 10.9. The van der Waals surface area contributed by atoms with Gasteiger partial charge in [0.2, 0.25) is 5.91 Å². The summed E-state index contributed by atoms with van der Waals surface area (Å²) in [6.45, 7) is 4.05. The number of aliphatic hydroxyl groups excluding tert-OH is 1. The quantitative estimate of drug-likeness (QED) is 0.574. The summed E-state index contributed by atoms with van der Waals surface area (Å²) in [7, 11) is 1.90. The number of anilines is 1. The van der Waals surface area contributed by atoms with Crippen LogP contribution in [0.3, 0.4) is 0 Å². The third-order valence-electron chi connectivity index (χ3n) is 6.04. The number of fused-ring (bicyclic) bond motifs is 1. The molecule has 2 N–H and O–H groups in total. The second kappa shape index (κ2) is 7.97. The van der Waals surface area contributed by atoms with Crippen molar-refractivity contribution < 1.29 is 14.6 Å². The van der Waals surface area contributed by atoms with Crippen LogP contribution in [-0.4, -0.2) is 67.2 Å². The second-order valence-electron chi connectivity index (χ2n) is 8.66. The summed E-state index contributed by atoms with van der Waals surface area (Å²) in [6, 6.07) is 6.19. The largest absolute Gasteiger partial charge is 0.488 e. The number of carbonyl (C=O) groups is 1. The lowest BCUT2D eigenvalue weighted by atomic mass is 10.0. The highest BCUT2D eigenvalue weighted by Gasteiger charge is 2.30. The molecule has 9 heteroatoms. The number of likely N-dealkylation sites (tertiary alicyclic amines) is 1. The summed E-state index contributed by atoms with van der Waals surface area (Å²) in [5, 5.41) is 21.4. The molecule has 0 radical (unpaired) electrons. The second-order valence-corrected chi connectivity index (χ2v) is 8.66. The summed E-state index contributed by atoms with van der Waals surface area (Å²) in [5.74, 6) is 1.49. The molecule has 3 aromatic heterocycles. The molecule has 2 aliphatic rings. The van der Waals surface area contributed by atoms with Gasteiger partial charge in [0, 0.05) is 49.9 Å². The number of ether oxygens (including phenoxy) is 1. The predicted molar refractivity (Wildman–Crippen MR) is 116 cm³/mol. The molecule has 2 fully saturated rings. The van der Waals surface area contributed by atoms with Crippen molar-refractivity contribution >= 4 is 17.2 Å². The van der Waals surface area contributed by atoms with Gasteiger partial charge in [0.05, 0.1) is 17.8 Å². The van der Waals surface area contributed by atoms with E-state index in [9.17, 15) is 9.90 Å². The molecule has 0 spiro atoms. The van der Waals surface area contributed by atoms with Crippen LogP contribution in [0, 0.1) is 5.92 Å². The highest BCUT2D eigenvalue weighted by Crippen LogP contribution is 2.32. The van der Waals surface area contributed by atoms with Gasteiger partial charge in [0.15, 0.2) is 11.6 Å². The van der Waals surface area contributed by atoms with Crippen LogP contribution in [-0.2, 0) is 11.8 Å². The Morgan fingerprint density at radius 3 is 2.90 bits per heavy atom. The lowest BCUT2D eigenvalue weighted by Gasteiger charge is -2.41. The third-order valence-corrected chi connectivity index (χ3v) is 6.04. The maximum atomic E-state index is 12.0. The first-order valence-electron chi connectivity index (χ1n) is 10.9. The number of rotatable bonds is 8. The Balaban J connectivity index is 1.32. The minimum absolute atomic E-state index is 0.0478. The van der Waals surface area contributed by atoms with E-state index in [1.165, 1.54) is 0 Å². The summed E-state index contributed by atoms with van der Waals surface area (Å²) in [4.78, 5) is 14.3. The normalized spacial score (nSPS) is 19.9. The fourth-order valence-electron chi connectivity index (χ4n) is 4.08. The SMILES string of the molecule is CC(O)CN1CC[C@@H]1COc1cnn(C)c1-c1ccn2nc(NC(=O)C3CC3)cc2c1. The van der Waals surface area contributed by atoms with Crippen molar-refractivity contribution in [2.45, 2.75) is 38.3 Å². The number of hydrogen-bond acceptors (Lipinski definition) is 6. The Morgan fingerprint density at radius 2 is 2.19 bits per heavy atom. The van der Waals surface area contributed by atoms with E-state index >= 15 is 0 Å². The molecular weight excluding hydrogens is 396 g/mol. The molecule has 2 atom stereocenters. The zero-order valence-electron chi connectivity index (χ0n) is 17.9. The predicted octanol–water partition coefficient (Wildman–Crippen LogP) is 1.92. The summed E-state index contributed by atoms with van der Waals surface area (Å²) in [5.41, 5.74) is 2.75. The maximum absolute atomic E-state index is 12.0. The Morgan fingerprint density at radius 1 is 1.35 bits per heavy atom. The molecule has 0 aromatic carbocycles. The maximum Gasteiger partial charge on any atom is 0.228 e. The number of nitrogens with zero attached hydrogens (tertiary/aromatic N) is 5. The first-order chi connectivity index (χ1) is 15.0. The molecule has 4 heterocycles. The number of aryl methyl sites for hydroxylation is 1. The standard InChI is InChI=1S/C22H28N6O3/c1-14(29)12-27-7-6-17(27)13-31-19-11-23-26(2)21(19)16-5-8-28-18(9-16)10-20(25-28)24-22(30)15-3-4-15/h5,8-11,14-15,17,29H,3-4,6-7,12-13H2,1-2H3,(H,24,25,30)/t14?,17-/m1/s1. The molecule has 1 unspecified atom stereocenters. The van der Waals surface area contributed by atoms with Crippen molar-refractivity contribution in [2.75, 3.05) is 25.0 Å². The molecule has 1 amide bonds. The molecule has 0 bridgehead atoms. The first kappa shape index (κ1) is 20.0. The Labute approximate surface area is 180 Å². The molecule has 1 aliphatic heterocycles. The van der Waals surface area contributed by atoms with Gasteiger partial charge in [-0.05, 0) is 38.3 Å². The van der Waals surface area contributed by atoms with Crippen LogP contribution in [0.15, 0.2) is 30.6 Å². The summed E-state index contributed by atoms with van der Waals surface area (Å²) < 4.78 is 9.71. The highest BCUT2D eigenvalue weighted by atomic mass is 16.5. The van der Waals surface area contributed by atoms with Crippen LogP contribution in [0.25, 0.3) is 16.8 Å². The monoisotopic (exact) mass is 424 g/mol. The van der Waals surface area contributed by atoms with Crippen LogP contribution in [0.4, 0.5) is 5.82 Å². The lowest BCUT2D eigenvalue weighted by molar-refractivity contribution is -0.117. The van der Waals surface area contributed by atoms with Crippen LogP contribution in [0.2, 0.25) is 0 Å². The fraction of sp³-hybridized carbons (Fsp3) is 0.500. The Kier molecular flexibility index (Phi) is 5.15. The van der Waals surface area contributed by atoms with Crippen molar-refractivity contribution in [1.29, 1.82) is 0 Å². The minimum atomic E-state index is -0.335. The highest BCUT2D eigenvalue weighted by molar-refractivity contribution is 5.93. The average molecular weight is 425 g/mol. The molecule has 31 heavy (non-hydrogen) atoms. The van der Waals surface area contributed by atoms with Gasteiger partial charge in [-0.2, -0.15) is 10.2 Å². The topological polar surface area (TPSA) is 96.9 Å². The van der Waals surface area contributed by atoms with Crippen LogP contribution < -0.4 is 10.1 Å². The van der Waals surface area contributed by atoms with E-state index in [2.05, 4.69) is 20.4 Å². The van der Waals surface area contributed by atoms with Crippen molar-refractivity contribution in [1.82, 2.24) is 24.3 Å². The average Bonchev–Trinajstić information content (AvgIpc) is 3.40. The van der Waals surface area contributed by atoms with Gasteiger partial charge in [-0.3, -0.25) is 14.4 Å². The van der Waals surface area contributed by atoms with Crippen LogP contribution in [0.5, 0.6) is 5.75 Å². The Hall–Kier alpha value is -2.91. The van der Waals surface area contributed by atoms with Crippen molar-refractivity contribution in [3.8, 4) is 17.0 Å². The number of amides is 1. The van der Waals surface area contributed by atoms with Gasteiger partial charge in [0.25, 0.3) is 0 Å². The van der Waals surface area contributed by atoms with E-state index in [1.54, 1.807) is 10.7 Å². The molecule has 9 nitrogen and oxygen atoms in total. The number of hydrogen-bond donors (Lipinski definition) is 2. The van der Waals surface area contributed by atoms with Crippen LogP contribution >= 0.6 is 0 Å². The van der Waals surface area contributed by atoms with E-state index < -0.39 is 0 Å². The van der Waals surface area contributed by atoms with E-state index in [4.69, 9.17) is 4.74 Å². The van der Waals surface area contributed by atoms with Crippen LogP contribution in [0.1, 0.15) is 26.2 Å². The number of nitrogens with one attached hydrogen (secondary N) is 1. The van der Waals surface area contributed by atoms with E-state index in [-0.39, 0.29) is 17.9 Å². The van der Waals surface area contributed by atoms with E-state index in [1.807, 2.05) is 43.0 Å². The van der Waals surface area contributed by atoms with Gasteiger partial charge >= 0.3 is 0 Å². The van der Waals surface area contributed by atoms with Gasteiger partial charge in [-0.15, -0.1) is 0 Å². The molecule has 1 saturated heterocycles. The molecular formula is C22H28N6O3. The van der Waals surface area contributed by atoms with Gasteiger partial charge in [-0.1, -0.05) is 0 Å². The van der Waals surface area contributed by atoms with Gasteiger partial charge in [-0.25, -0.2) is 4.52 Å². The van der Waals surface area contributed by atoms with Crippen molar-refractivity contribution in [3.63, 3.8) is 0 Å². The third kappa shape index (κ3) is 4.15. The van der Waals surface area contributed by atoms with Gasteiger partial charge in [0.1, 0.15) is 12.3 Å². The molecule has 164 valence electrons. The molecule has 1 aliphatic carbocycles. The molecule has 3 aromatic rings. The smallest absolute Gasteiger partial charge is 0.228 e. The number of aliphatic hydroxyl groups is 1. The Bertz CT molecular complexity index is 1100. The zero-order valence-corrected chi connectivity index (χ0v) is 17.9. The van der Waals surface area contributed by atoms with Crippen molar-refractivity contribution in [2.24, 2.45) is 13.0 Å². The lowest BCUT2D eigenvalue weighted by Crippen LogP contribution is -2.53. The summed E-state index contributed by atoms with van der Waals surface area (Å²) >= 11 is 0. The number of β-amino-alcohol motifs (C(OH)–C–C–N with tert-alkyl or cyclic N) is 1. The van der Waals surface area contributed by atoms with E-state index in [0.717, 1.165) is 48.3 Å². The number of aromatic nitrogens is 4. The fourth-order valence-corrected chi connectivity index (χ4v) is 4.08. The molecule has 5 rings (SSSR count). The van der Waals surface area contributed by atoms with E-state index in [0.29, 0.717) is 25.0 Å². The number of pyridine rings is 1. The molecule has 1 saturated carbocycles. The zero-order chi connectivity index (χ0) is 21.5. The minimum Gasteiger partial charge on any atom is -0.488 e. The summed E-state index contributed by atoms with van der Waals surface area (Å²) in [6.07, 6.45) is 6.28. The van der Waals surface area contributed by atoms with Crippen molar-refractivity contribution in [3.05, 3.63) is 30.6 Å². The van der Waals surface area contributed by atoms with Gasteiger partial charge < -0.3 is 15.2 Å².